The molecule has 4 aromatic rings. The van der Waals surface area contributed by atoms with Crippen molar-refractivity contribution in [2.24, 2.45) is 0 Å². The van der Waals surface area contributed by atoms with Gasteiger partial charge in [0.1, 0.15) is 11.4 Å². The third-order valence-electron chi connectivity index (χ3n) is 5.31. The molecule has 0 spiro atoms. The SMILES string of the molecule is COc1cc(C2c3c(oc4ccc(Cl)cc4c3=O)C(=O)N2c2ccc(Cl)cn2)ccc1O. The molecule has 0 radical (unpaired) electrons. The number of carbonyl (C=O) groups excluding carboxylic acids is 1. The first-order valence-electron chi connectivity index (χ1n) is 9.47. The van der Waals surface area contributed by atoms with Crippen LogP contribution in [0.25, 0.3) is 11.0 Å². The van der Waals surface area contributed by atoms with E-state index in [1.54, 1.807) is 36.4 Å². The lowest BCUT2D eigenvalue weighted by Gasteiger charge is -2.24. The van der Waals surface area contributed by atoms with Gasteiger partial charge in [0.05, 0.1) is 29.1 Å². The minimum absolute atomic E-state index is 0.0747. The van der Waals surface area contributed by atoms with Gasteiger partial charge in [0, 0.05) is 11.2 Å². The van der Waals surface area contributed by atoms with Gasteiger partial charge >= 0.3 is 0 Å². The number of benzene rings is 2. The number of carbonyl (C=O) groups is 1. The van der Waals surface area contributed by atoms with Crippen LogP contribution in [0.1, 0.15) is 27.7 Å². The molecule has 1 N–H and O–H groups in total. The van der Waals surface area contributed by atoms with Crippen molar-refractivity contribution < 1.29 is 19.1 Å². The van der Waals surface area contributed by atoms with E-state index >= 15 is 0 Å². The van der Waals surface area contributed by atoms with Gasteiger partial charge in [-0.1, -0.05) is 29.3 Å². The number of rotatable bonds is 3. The van der Waals surface area contributed by atoms with Gasteiger partial charge in [0.15, 0.2) is 16.9 Å². The molecular weight excluding hydrogens is 455 g/mol. The van der Waals surface area contributed by atoms with Crippen molar-refractivity contribution in [3.05, 3.63) is 91.9 Å². The number of fused-ring (bicyclic) bond motifs is 2. The first-order chi connectivity index (χ1) is 15.4. The zero-order valence-electron chi connectivity index (χ0n) is 16.5. The molecule has 1 atom stereocenters. The maximum absolute atomic E-state index is 13.5. The summed E-state index contributed by atoms with van der Waals surface area (Å²) in [5, 5.41) is 11.1. The predicted molar refractivity (Wildman–Crippen MR) is 120 cm³/mol. The van der Waals surface area contributed by atoms with Crippen LogP contribution >= 0.6 is 23.2 Å². The topological polar surface area (TPSA) is 92.9 Å². The van der Waals surface area contributed by atoms with E-state index in [1.807, 2.05) is 0 Å². The van der Waals surface area contributed by atoms with E-state index in [9.17, 15) is 14.7 Å². The molecule has 32 heavy (non-hydrogen) atoms. The summed E-state index contributed by atoms with van der Waals surface area (Å²) in [6.07, 6.45) is 1.41. The summed E-state index contributed by atoms with van der Waals surface area (Å²) in [6.45, 7) is 0. The quantitative estimate of drug-likeness (QED) is 0.456. The Morgan fingerprint density at radius 3 is 2.56 bits per heavy atom. The number of anilines is 1. The molecule has 5 rings (SSSR count). The largest absolute Gasteiger partial charge is 0.504 e. The predicted octanol–water partition coefficient (Wildman–Crippen LogP) is 4.96. The lowest BCUT2D eigenvalue weighted by molar-refractivity contribution is 0.0970. The number of phenolic OH excluding ortho intramolecular Hbond substituents is 1. The number of halogens is 2. The number of ether oxygens (including phenoxy) is 1. The summed E-state index contributed by atoms with van der Waals surface area (Å²) in [6, 6.07) is 11.5. The van der Waals surface area contributed by atoms with Crippen LogP contribution in [-0.4, -0.2) is 23.1 Å². The molecule has 0 fully saturated rings. The van der Waals surface area contributed by atoms with Gasteiger partial charge in [0.25, 0.3) is 5.91 Å². The van der Waals surface area contributed by atoms with E-state index in [0.717, 1.165) is 0 Å². The maximum Gasteiger partial charge on any atom is 0.296 e. The second kappa shape index (κ2) is 7.55. The number of nitrogens with zero attached hydrogens (tertiary/aromatic N) is 2. The van der Waals surface area contributed by atoms with Crippen molar-refractivity contribution in [1.29, 1.82) is 0 Å². The molecule has 0 aliphatic carbocycles. The summed E-state index contributed by atoms with van der Waals surface area (Å²) in [7, 11) is 1.41. The Kier molecular flexibility index (Phi) is 4.80. The van der Waals surface area contributed by atoms with Crippen molar-refractivity contribution in [3.63, 3.8) is 0 Å². The highest BCUT2D eigenvalue weighted by molar-refractivity contribution is 6.31. The fourth-order valence-electron chi connectivity index (χ4n) is 3.87. The van der Waals surface area contributed by atoms with E-state index in [1.165, 1.54) is 30.3 Å². The number of hydrogen-bond donors (Lipinski definition) is 1. The lowest BCUT2D eigenvalue weighted by atomic mass is 9.98. The first kappa shape index (κ1) is 20.4. The van der Waals surface area contributed by atoms with Crippen molar-refractivity contribution in [2.75, 3.05) is 12.0 Å². The molecule has 160 valence electrons. The molecule has 1 aliphatic rings. The minimum atomic E-state index is -0.875. The number of aromatic hydroxyl groups is 1. The molecule has 0 saturated heterocycles. The number of pyridine rings is 1. The van der Waals surface area contributed by atoms with Crippen molar-refractivity contribution in [2.45, 2.75) is 6.04 Å². The summed E-state index contributed by atoms with van der Waals surface area (Å²) in [5.74, 6) is -0.210. The highest BCUT2D eigenvalue weighted by Gasteiger charge is 2.44. The van der Waals surface area contributed by atoms with Crippen LogP contribution in [0.5, 0.6) is 11.5 Å². The number of amides is 1. The Labute approximate surface area is 191 Å². The minimum Gasteiger partial charge on any atom is -0.504 e. The zero-order chi connectivity index (χ0) is 22.6. The standard InChI is InChI=1S/C23H14Cl2N2O5/c1-31-17-8-11(2-5-15(17)28)20-19-21(29)14-9-12(24)3-6-16(14)32-22(19)23(30)27(20)18-7-4-13(25)10-26-18/h2-10,20,28H,1H3. The molecule has 1 unspecified atom stereocenters. The summed E-state index contributed by atoms with van der Waals surface area (Å²) >= 11 is 12.1. The number of methoxy groups -OCH3 is 1. The summed E-state index contributed by atoms with van der Waals surface area (Å²) < 4.78 is 11.1. The average molecular weight is 469 g/mol. The molecule has 2 aromatic heterocycles. The van der Waals surface area contributed by atoms with Crippen LogP contribution in [0.3, 0.4) is 0 Å². The molecule has 1 aliphatic heterocycles. The van der Waals surface area contributed by atoms with Crippen molar-refractivity contribution >= 4 is 45.9 Å². The second-order valence-corrected chi connectivity index (χ2v) is 8.03. The molecule has 3 heterocycles. The Balaban J connectivity index is 1.82. The van der Waals surface area contributed by atoms with Crippen LogP contribution in [0, 0.1) is 0 Å². The third kappa shape index (κ3) is 3.09. The van der Waals surface area contributed by atoms with Crippen LogP contribution < -0.4 is 15.1 Å². The normalized spacial score (nSPS) is 15.3. The molecule has 9 heteroatoms. The maximum atomic E-state index is 13.5. The molecule has 1 amide bonds. The monoisotopic (exact) mass is 468 g/mol. The molecular formula is C23H14Cl2N2O5. The van der Waals surface area contributed by atoms with Gasteiger partial charge in [-0.15, -0.1) is 0 Å². The van der Waals surface area contributed by atoms with Crippen LogP contribution in [0.2, 0.25) is 10.0 Å². The lowest BCUT2D eigenvalue weighted by Crippen LogP contribution is -2.30. The Hall–Kier alpha value is -3.55. The van der Waals surface area contributed by atoms with Gasteiger partial charge in [-0.3, -0.25) is 14.5 Å². The number of aromatic nitrogens is 1. The number of phenols is 1. The van der Waals surface area contributed by atoms with E-state index in [0.29, 0.717) is 15.6 Å². The summed E-state index contributed by atoms with van der Waals surface area (Å²) in [5.41, 5.74) is 0.538. The molecule has 2 aromatic carbocycles. The van der Waals surface area contributed by atoms with Gasteiger partial charge in [-0.05, 0) is 48.0 Å². The van der Waals surface area contributed by atoms with Crippen molar-refractivity contribution in [3.8, 4) is 11.5 Å². The zero-order valence-corrected chi connectivity index (χ0v) is 18.0. The molecule has 7 nitrogen and oxygen atoms in total. The van der Waals surface area contributed by atoms with Crippen LogP contribution in [0.15, 0.2) is 63.9 Å². The van der Waals surface area contributed by atoms with Gasteiger partial charge in [-0.2, -0.15) is 0 Å². The van der Waals surface area contributed by atoms with Crippen LogP contribution in [-0.2, 0) is 0 Å². The highest BCUT2D eigenvalue weighted by Crippen LogP contribution is 2.42. The first-order valence-corrected chi connectivity index (χ1v) is 10.2. The van der Waals surface area contributed by atoms with E-state index in [-0.39, 0.29) is 45.0 Å². The fourth-order valence-corrected chi connectivity index (χ4v) is 4.16. The van der Waals surface area contributed by atoms with Gasteiger partial charge < -0.3 is 14.3 Å². The van der Waals surface area contributed by atoms with E-state index in [4.69, 9.17) is 32.4 Å². The van der Waals surface area contributed by atoms with Crippen molar-refractivity contribution in [1.82, 2.24) is 4.98 Å². The molecule has 0 bridgehead atoms. The Morgan fingerprint density at radius 1 is 1.06 bits per heavy atom. The Bertz CT molecular complexity index is 1450. The third-order valence-corrected chi connectivity index (χ3v) is 5.77. The van der Waals surface area contributed by atoms with Crippen LogP contribution in [0.4, 0.5) is 5.82 Å². The van der Waals surface area contributed by atoms with E-state index < -0.39 is 11.9 Å². The smallest absolute Gasteiger partial charge is 0.296 e. The Morgan fingerprint density at radius 2 is 1.84 bits per heavy atom. The van der Waals surface area contributed by atoms with Gasteiger partial charge in [-0.25, -0.2) is 4.98 Å². The fraction of sp³-hybridized carbons (Fsp3) is 0.0870. The molecule has 0 saturated carbocycles. The second-order valence-electron chi connectivity index (χ2n) is 7.16. The van der Waals surface area contributed by atoms with Gasteiger partial charge in [0.2, 0.25) is 5.76 Å². The number of hydrogen-bond acceptors (Lipinski definition) is 6. The van der Waals surface area contributed by atoms with E-state index in [2.05, 4.69) is 4.98 Å². The highest BCUT2D eigenvalue weighted by atomic mass is 35.5. The average Bonchev–Trinajstić information content (AvgIpc) is 3.08. The summed E-state index contributed by atoms with van der Waals surface area (Å²) in [4.78, 5) is 32.6.